The van der Waals surface area contributed by atoms with Gasteiger partial charge in [-0.3, -0.25) is 9.59 Å². The number of anilines is 1. The largest absolute Gasteiger partial charge is 0.491 e. The first-order chi connectivity index (χ1) is 12.5. The summed E-state index contributed by atoms with van der Waals surface area (Å²) in [5.41, 5.74) is 1.76. The summed E-state index contributed by atoms with van der Waals surface area (Å²) in [6.07, 6.45) is 0.707. The van der Waals surface area contributed by atoms with E-state index in [1.165, 1.54) is 0 Å². The molecule has 0 aliphatic heterocycles. The lowest BCUT2D eigenvalue weighted by Crippen LogP contribution is -2.27. The van der Waals surface area contributed by atoms with Gasteiger partial charge in [0.1, 0.15) is 5.75 Å². The molecule has 1 fully saturated rings. The van der Waals surface area contributed by atoms with E-state index in [2.05, 4.69) is 10.6 Å². The lowest BCUT2D eigenvalue weighted by atomic mass is 10.2. The number of rotatable bonds is 7. The maximum absolute atomic E-state index is 12.3. The molecule has 1 aliphatic carbocycles. The van der Waals surface area contributed by atoms with Crippen LogP contribution in [-0.4, -0.2) is 17.9 Å². The van der Waals surface area contributed by atoms with Crippen molar-refractivity contribution in [3.63, 3.8) is 0 Å². The summed E-state index contributed by atoms with van der Waals surface area (Å²) < 4.78 is 5.58. The predicted octanol–water partition coefficient (Wildman–Crippen LogP) is 3.36. The van der Waals surface area contributed by atoms with E-state index in [1.807, 2.05) is 68.4 Å². The molecule has 0 spiro atoms. The van der Waals surface area contributed by atoms with E-state index >= 15 is 0 Å². The molecule has 1 saturated carbocycles. The molecule has 2 N–H and O–H groups in total. The molecular formula is C21H24N2O3. The Morgan fingerprint density at radius 1 is 1.00 bits per heavy atom. The van der Waals surface area contributed by atoms with Gasteiger partial charge in [0, 0.05) is 12.2 Å². The van der Waals surface area contributed by atoms with E-state index in [4.69, 9.17) is 4.74 Å². The second kappa shape index (κ2) is 8.04. The minimum Gasteiger partial charge on any atom is -0.491 e. The van der Waals surface area contributed by atoms with Gasteiger partial charge in [0.15, 0.2) is 0 Å². The van der Waals surface area contributed by atoms with Crippen LogP contribution in [0.25, 0.3) is 0 Å². The van der Waals surface area contributed by atoms with Crippen molar-refractivity contribution in [1.29, 1.82) is 0 Å². The first-order valence-corrected chi connectivity index (χ1v) is 8.92. The van der Waals surface area contributed by atoms with Crippen LogP contribution >= 0.6 is 0 Å². The van der Waals surface area contributed by atoms with Crippen molar-refractivity contribution >= 4 is 17.5 Å². The summed E-state index contributed by atoms with van der Waals surface area (Å²) in [6, 6.07) is 17.0. The number of ether oxygens (including phenoxy) is 1. The highest BCUT2D eigenvalue weighted by Gasteiger charge is 2.47. The average molecular weight is 352 g/mol. The van der Waals surface area contributed by atoms with Gasteiger partial charge < -0.3 is 15.4 Å². The first kappa shape index (κ1) is 18.0. The molecule has 2 unspecified atom stereocenters. The molecule has 1 aliphatic rings. The van der Waals surface area contributed by atoms with Crippen molar-refractivity contribution < 1.29 is 14.3 Å². The summed E-state index contributed by atoms with van der Waals surface area (Å²) in [6.45, 7) is 4.42. The fourth-order valence-electron chi connectivity index (χ4n) is 2.81. The smallest absolute Gasteiger partial charge is 0.228 e. The number of carbonyl (C=O) groups is 2. The Balaban J connectivity index is 1.45. The highest BCUT2D eigenvalue weighted by Crippen LogP contribution is 2.39. The summed E-state index contributed by atoms with van der Waals surface area (Å²) in [7, 11) is 0. The fourth-order valence-corrected chi connectivity index (χ4v) is 2.81. The average Bonchev–Trinajstić information content (AvgIpc) is 3.43. The van der Waals surface area contributed by atoms with Crippen molar-refractivity contribution in [2.45, 2.75) is 32.9 Å². The van der Waals surface area contributed by atoms with Crippen LogP contribution in [0, 0.1) is 11.8 Å². The van der Waals surface area contributed by atoms with Crippen LogP contribution in [0.2, 0.25) is 0 Å². The van der Waals surface area contributed by atoms with Crippen LogP contribution < -0.4 is 15.4 Å². The van der Waals surface area contributed by atoms with Crippen LogP contribution in [0.5, 0.6) is 5.75 Å². The van der Waals surface area contributed by atoms with Crippen LogP contribution in [0.1, 0.15) is 25.8 Å². The van der Waals surface area contributed by atoms with Crippen molar-refractivity contribution in [2.24, 2.45) is 11.8 Å². The van der Waals surface area contributed by atoms with E-state index in [0.29, 0.717) is 18.7 Å². The van der Waals surface area contributed by atoms with Crippen molar-refractivity contribution in [3.8, 4) is 5.75 Å². The van der Waals surface area contributed by atoms with E-state index in [9.17, 15) is 9.59 Å². The van der Waals surface area contributed by atoms with Crippen molar-refractivity contribution in [3.05, 3.63) is 60.2 Å². The Kier molecular flexibility index (Phi) is 5.56. The van der Waals surface area contributed by atoms with E-state index in [1.54, 1.807) is 0 Å². The van der Waals surface area contributed by atoms with Gasteiger partial charge in [-0.15, -0.1) is 0 Å². The van der Waals surface area contributed by atoms with Crippen LogP contribution in [-0.2, 0) is 16.1 Å². The molecule has 5 heteroatoms. The third-order valence-corrected chi connectivity index (χ3v) is 4.27. The van der Waals surface area contributed by atoms with Gasteiger partial charge in [0.2, 0.25) is 11.8 Å². The van der Waals surface area contributed by atoms with Crippen LogP contribution in [0.3, 0.4) is 0 Å². The van der Waals surface area contributed by atoms with Crippen LogP contribution in [0.15, 0.2) is 54.6 Å². The zero-order chi connectivity index (χ0) is 18.5. The maximum Gasteiger partial charge on any atom is 0.228 e. The zero-order valence-corrected chi connectivity index (χ0v) is 15.1. The highest BCUT2D eigenvalue weighted by molar-refractivity contribution is 5.99. The Labute approximate surface area is 153 Å². The lowest BCUT2D eigenvalue weighted by Gasteiger charge is -2.10. The topological polar surface area (TPSA) is 67.4 Å². The molecule has 0 aromatic heterocycles. The second-order valence-corrected chi connectivity index (χ2v) is 6.83. The third-order valence-electron chi connectivity index (χ3n) is 4.27. The molecule has 0 saturated heterocycles. The van der Waals surface area contributed by atoms with Gasteiger partial charge in [-0.25, -0.2) is 0 Å². The number of nitrogens with one attached hydrogen (secondary N) is 2. The minimum absolute atomic E-state index is 0.0605. The normalized spacial score (nSPS) is 18.3. The number of hydrogen-bond donors (Lipinski definition) is 2. The molecule has 0 heterocycles. The molecule has 2 aromatic rings. The number of hydrogen-bond acceptors (Lipinski definition) is 3. The molecular weight excluding hydrogens is 328 g/mol. The SMILES string of the molecule is CC(C)Oc1ccc(NC(=O)C2CC2C(=O)NCc2ccccc2)cc1. The van der Waals surface area contributed by atoms with Gasteiger partial charge in [-0.05, 0) is 50.1 Å². The Morgan fingerprint density at radius 2 is 1.65 bits per heavy atom. The molecule has 3 rings (SSSR count). The first-order valence-electron chi connectivity index (χ1n) is 8.92. The lowest BCUT2D eigenvalue weighted by molar-refractivity contribution is -0.125. The molecule has 0 radical (unpaired) electrons. The molecule has 5 nitrogen and oxygen atoms in total. The van der Waals surface area contributed by atoms with Crippen molar-refractivity contribution in [1.82, 2.24) is 5.32 Å². The van der Waals surface area contributed by atoms with Gasteiger partial charge in [-0.1, -0.05) is 30.3 Å². The molecule has 2 aromatic carbocycles. The van der Waals surface area contributed by atoms with Gasteiger partial charge in [0.25, 0.3) is 0 Å². The molecule has 0 bridgehead atoms. The minimum atomic E-state index is -0.252. The number of benzene rings is 2. The maximum atomic E-state index is 12.3. The summed E-state index contributed by atoms with van der Waals surface area (Å²) in [5, 5.41) is 5.77. The molecule has 136 valence electrons. The number of carbonyl (C=O) groups excluding carboxylic acids is 2. The van der Waals surface area contributed by atoms with Gasteiger partial charge >= 0.3 is 0 Å². The summed E-state index contributed by atoms with van der Waals surface area (Å²) in [4.78, 5) is 24.5. The van der Waals surface area contributed by atoms with E-state index in [-0.39, 0.29) is 29.8 Å². The summed E-state index contributed by atoms with van der Waals surface area (Å²) >= 11 is 0. The highest BCUT2D eigenvalue weighted by atomic mass is 16.5. The van der Waals surface area contributed by atoms with Gasteiger partial charge in [-0.2, -0.15) is 0 Å². The Bertz CT molecular complexity index is 757. The van der Waals surface area contributed by atoms with E-state index in [0.717, 1.165) is 11.3 Å². The van der Waals surface area contributed by atoms with Crippen LogP contribution in [0.4, 0.5) is 5.69 Å². The third kappa shape index (κ3) is 4.85. The van der Waals surface area contributed by atoms with Crippen molar-refractivity contribution in [2.75, 3.05) is 5.32 Å². The zero-order valence-electron chi connectivity index (χ0n) is 15.1. The fraction of sp³-hybridized carbons (Fsp3) is 0.333. The Hall–Kier alpha value is -2.82. The number of amides is 2. The predicted molar refractivity (Wildman–Crippen MR) is 101 cm³/mol. The molecule has 2 amide bonds. The van der Waals surface area contributed by atoms with E-state index < -0.39 is 0 Å². The second-order valence-electron chi connectivity index (χ2n) is 6.83. The molecule has 2 atom stereocenters. The Morgan fingerprint density at radius 3 is 2.31 bits per heavy atom. The monoisotopic (exact) mass is 352 g/mol. The van der Waals surface area contributed by atoms with Gasteiger partial charge in [0.05, 0.1) is 17.9 Å². The summed E-state index contributed by atoms with van der Waals surface area (Å²) in [5.74, 6) is 0.110. The quantitative estimate of drug-likeness (QED) is 0.803. The standard InChI is InChI=1S/C21H24N2O3/c1-14(2)26-17-10-8-16(9-11-17)23-21(25)19-12-18(19)20(24)22-13-15-6-4-3-5-7-15/h3-11,14,18-19H,12-13H2,1-2H3,(H,22,24)(H,23,25). The molecule has 26 heavy (non-hydrogen) atoms.